The molecule has 20 heavy (non-hydrogen) atoms. The van der Waals surface area contributed by atoms with Gasteiger partial charge in [0, 0.05) is 17.8 Å². The van der Waals surface area contributed by atoms with Gasteiger partial charge in [-0.05, 0) is 52.4 Å². The van der Waals surface area contributed by atoms with E-state index in [0.29, 0.717) is 5.56 Å². The Morgan fingerprint density at radius 3 is 2.55 bits per heavy atom. The van der Waals surface area contributed by atoms with Crippen molar-refractivity contribution in [1.29, 1.82) is 5.26 Å². The van der Waals surface area contributed by atoms with E-state index in [2.05, 4.69) is 35.4 Å². The van der Waals surface area contributed by atoms with E-state index < -0.39 is 0 Å². The standard InChI is InChI=1S/C16H24N4/c1-12-9-13(2)19-15(14(12)10-17)18-11-16(20(3)4)7-5-6-8-16/h9H,5-8,11H2,1-4H3,(H,18,19). The van der Waals surface area contributed by atoms with Crippen LogP contribution in [0.4, 0.5) is 5.82 Å². The van der Waals surface area contributed by atoms with E-state index in [4.69, 9.17) is 0 Å². The van der Waals surface area contributed by atoms with Crippen LogP contribution in [0.25, 0.3) is 0 Å². The lowest BCUT2D eigenvalue weighted by Crippen LogP contribution is -2.47. The van der Waals surface area contributed by atoms with E-state index in [-0.39, 0.29) is 5.54 Å². The second-order valence-corrected chi connectivity index (χ2v) is 6.10. The summed E-state index contributed by atoms with van der Waals surface area (Å²) in [5, 5.41) is 12.7. The summed E-state index contributed by atoms with van der Waals surface area (Å²) in [6.07, 6.45) is 4.98. The van der Waals surface area contributed by atoms with Gasteiger partial charge in [0.15, 0.2) is 0 Å². The molecule has 4 nitrogen and oxygen atoms in total. The molecule has 1 aliphatic carbocycles. The van der Waals surface area contributed by atoms with E-state index in [1.807, 2.05) is 19.9 Å². The van der Waals surface area contributed by atoms with Crippen LogP contribution >= 0.6 is 0 Å². The summed E-state index contributed by atoms with van der Waals surface area (Å²) in [5.41, 5.74) is 2.82. The molecule has 1 aromatic heterocycles. The molecule has 1 aliphatic rings. The monoisotopic (exact) mass is 272 g/mol. The van der Waals surface area contributed by atoms with Gasteiger partial charge in [0.25, 0.3) is 0 Å². The van der Waals surface area contributed by atoms with Crippen molar-refractivity contribution in [2.75, 3.05) is 26.0 Å². The van der Waals surface area contributed by atoms with Crippen LogP contribution in [-0.4, -0.2) is 36.1 Å². The first-order chi connectivity index (χ1) is 9.48. The minimum Gasteiger partial charge on any atom is -0.367 e. The molecular weight excluding hydrogens is 248 g/mol. The third kappa shape index (κ3) is 2.78. The van der Waals surface area contributed by atoms with Crippen molar-refractivity contribution < 1.29 is 0 Å². The average Bonchev–Trinajstić information content (AvgIpc) is 2.86. The zero-order valence-electron chi connectivity index (χ0n) is 13.0. The first kappa shape index (κ1) is 14.8. The average molecular weight is 272 g/mol. The lowest BCUT2D eigenvalue weighted by molar-refractivity contribution is 0.172. The number of aromatic nitrogens is 1. The van der Waals surface area contributed by atoms with E-state index in [0.717, 1.165) is 23.6 Å². The molecule has 1 heterocycles. The number of nitriles is 1. The number of hydrogen-bond acceptors (Lipinski definition) is 4. The van der Waals surface area contributed by atoms with Crippen LogP contribution < -0.4 is 5.32 Å². The van der Waals surface area contributed by atoms with Crippen LogP contribution in [0, 0.1) is 25.2 Å². The highest BCUT2D eigenvalue weighted by atomic mass is 15.2. The Bertz CT molecular complexity index is 522. The van der Waals surface area contributed by atoms with E-state index in [1.54, 1.807) is 0 Å². The summed E-state index contributed by atoms with van der Waals surface area (Å²) in [5.74, 6) is 0.734. The summed E-state index contributed by atoms with van der Waals surface area (Å²) in [7, 11) is 4.29. The van der Waals surface area contributed by atoms with Crippen molar-refractivity contribution in [3.63, 3.8) is 0 Å². The van der Waals surface area contributed by atoms with Gasteiger partial charge >= 0.3 is 0 Å². The first-order valence-electron chi connectivity index (χ1n) is 7.28. The molecule has 0 atom stereocenters. The highest BCUT2D eigenvalue weighted by Crippen LogP contribution is 2.34. The minimum absolute atomic E-state index is 0.200. The van der Waals surface area contributed by atoms with Crippen LogP contribution in [0.3, 0.4) is 0 Å². The SMILES string of the molecule is Cc1cc(C)c(C#N)c(NCC2(N(C)C)CCCC2)n1. The molecule has 4 heteroatoms. The van der Waals surface area contributed by atoms with Crippen LogP contribution in [0.1, 0.15) is 42.5 Å². The van der Waals surface area contributed by atoms with Gasteiger partial charge in [-0.15, -0.1) is 0 Å². The fraction of sp³-hybridized carbons (Fsp3) is 0.625. The van der Waals surface area contributed by atoms with Crippen LogP contribution in [0.2, 0.25) is 0 Å². The molecule has 0 bridgehead atoms. The number of anilines is 1. The molecule has 2 rings (SSSR count). The lowest BCUT2D eigenvalue weighted by Gasteiger charge is -2.36. The number of likely N-dealkylation sites (N-methyl/N-ethyl adjacent to an activating group) is 1. The smallest absolute Gasteiger partial charge is 0.144 e. The number of nitrogens with one attached hydrogen (secondary N) is 1. The Labute approximate surface area is 121 Å². The summed E-state index contributed by atoms with van der Waals surface area (Å²) >= 11 is 0. The van der Waals surface area contributed by atoms with E-state index in [1.165, 1.54) is 25.7 Å². The maximum atomic E-state index is 9.32. The topological polar surface area (TPSA) is 52.0 Å². The highest BCUT2D eigenvalue weighted by molar-refractivity contribution is 5.56. The molecule has 0 radical (unpaired) electrons. The predicted molar refractivity (Wildman–Crippen MR) is 81.8 cm³/mol. The number of pyridine rings is 1. The molecule has 1 saturated carbocycles. The quantitative estimate of drug-likeness (QED) is 0.915. The van der Waals surface area contributed by atoms with Gasteiger partial charge in [0.05, 0.1) is 5.56 Å². The maximum absolute atomic E-state index is 9.32. The Morgan fingerprint density at radius 1 is 1.35 bits per heavy atom. The third-order valence-corrected chi connectivity index (χ3v) is 4.52. The van der Waals surface area contributed by atoms with Gasteiger partial charge in [-0.3, -0.25) is 0 Å². The molecule has 0 spiro atoms. The summed E-state index contributed by atoms with van der Waals surface area (Å²) in [4.78, 5) is 6.83. The van der Waals surface area contributed by atoms with Crippen molar-refractivity contribution in [3.05, 3.63) is 22.9 Å². The molecule has 1 N–H and O–H groups in total. The molecule has 1 aromatic rings. The molecule has 1 fully saturated rings. The summed E-state index contributed by atoms with van der Waals surface area (Å²) in [6.45, 7) is 4.79. The minimum atomic E-state index is 0.200. The number of rotatable bonds is 4. The molecule has 0 aliphatic heterocycles. The Kier molecular flexibility index (Phi) is 4.29. The van der Waals surface area contributed by atoms with Gasteiger partial charge in [-0.1, -0.05) is 12.8 Å². The van der Waals surface area contributed by atoms with Gasteiger partial charge < -0.3 is 10.2 Å². The van der Waals surface area contributed by atoms with Gasteiger partial charge in [0.1, 0.15) is 11.9 Å². The summed E-state index contributed by atoms with van der Waals surface area (Å²) in [6, 6.07) is 4.23. The van der Waals surface area contributed by atoms with Crippen molar-refractivity contribution >= 4 is 5.82 Å². The molecule has 108 valence electrons. The van der Waals surface area contributed by atoms with E-state index >= 15 is 0 Å². The Hall–Kier alpha value is -1.60. The number of nitrogens with zero attached hydrogens (tertiary/aromatic N) is 3. The predicted octanol–water partition coefficient (Wildman–Crippen LogP) is 2.86. The second-order valence-electron chi connectivity index (χ2n) is 6.10. The lowest BCUT2D eigenvalue weighted by atomic mass is 9.96. The van der Waals surface area contributed by atoms with Crippen molar-refractivity contribution in [3.8, 4) is 6.07 Å². The molecule has 0 saturated heterocycles. The first-order valence-corrected chi connectivity index (χ1v) is 7.28. The van der Waals surface area contributed by atoms with Gasteiger partial charge in [0.2, 0.25) is 0 Å². The van der Waals surface area contributed by atoms with Crippen LogP contribution in [-0.2, 0) is 0 Å². The van der Waals surface area contributed by atoms with Crippen molar-refractivity contribution in [1.82, 2.24) is 9.88 Å². The van der Waals surface area contributed by atoms with Gasteiger partial charge in [-0.2, -0.15) is 5.26 Å². The number of aryl methyl sites for hydroxylation is 2. The zero-order valence-corrected chi connectivity index (χ0v) is 13.0. The van der Waals surface area contributed by atoms with Crippen molar-refractivity contribution in [2.24, 2.45) is 0 Å². The molecule has 0 aromatic carbocycles. The maximum Gasteiger partial charge on any atom is 0.144 e. The Balaban J connectivity index is 2.21. The molecule has 0 unspecified atom stereocenters. The third-order valence-electron chi connectivity index (χ3n) is 4.52. The van der Waals surface area contributed by atoms with Crippen LogP contribution in [0.15, 0.2) is 6.07 Å². The summed E-state index contributed by atoms with van der Waals surface area (Å²) < 4.78 is 0. The fourth-order valence-corrected chi connectivity index (χ4v) is 3.17. The second kappa shape index (κ2) is 5.80. The van der Waals surface area contributed by atoms with Gasteiger partial charge in [-0.25, -0.2) is 4.98 Å². The zero-order chi connectivity index (χ0) is 14.8. The number of hydrogen-bond donors (Lipinski definition) is 1. The highest BCUT2D eigenvalue weighted by Gasteiger charge is 2.35. The van der Waals surface area contributed by atoms with Crippen molar-refractivity contribution in [2.45, 2.75) is 45.1 Å². The Morgan fingerprint density at radius 2 is 2.00 bits per heavy atom. The fourth-order valence-electron chi connectivity index (χ4n) is 3.17. The normalized spacial score (nSPS) is 17.2. The van der Waals surface area contributed by atoms with Crippen LogP contribution in [0.5, 0.6) is 0 Å². The van der Waals surface area contributed by atoms with E-state index in [9.17, 15) is 5.26 Å². The molecular formula is C16H24N4. The molecule has 0 amide bonds. The largest absolute Gasteiger partial charge is 0.367 e.